The van der Waals surface area contributed by atoms with Crippen molar-refractivity contribution in [2.45, 2.75) is 6.92 Å². The van der Waals surface area contributed by atoms with E-state index in [9.17, 15) is 0 Å². The highest BCUT2D eigenvalue weighted by Crippen LogP contribution is 2.26. The molecule has 0 aromatic heterocycles. The Morgan fingerprint density at radius 3 is 2.87 bits per heavy atom. The molecular weight excluding hydrogens is 210 g/mol. The lowest BCUT2D eigenvalue weighted by Crippen LogP contribution is -2.24. The van der Waals surface area contributed by atoms with Crippen molar-refractivity contribution >= 4 is 23.0 Å². The zero-order valence-corrected chi connectivity index (χ0v) is 10.0. The summed E-state index contributed by atoms with van der Waals surface area (Å²) >= 11 is 5.91. The minimum absolute atomic E-state index is 0.601. The van der Waals surface area contributed by atoms with Gasteiger partial charge in [0.2, 0.25) is 0 Å². The Balaban J connectivity index is 2.47. The summed E-state index contributed by atoms with van der Waals surface area (Å²) < 4.78 is 0. The smallest absolute Gasteiger partial charge is 0.0739 e. The van der Waals surface area contributed by atoms with Crippen molar-refractivity contribution in [2.24, 2.45) is 0 Å². The molecule has 0 aliphatic rings. The predicted octanol–water partition coefficient (Wildman–Crippen LogP) is 2.29. The predicted molar refractivity (Wildman–Crippen MR) is 67.5 cm³/mol. The number of hydrogen-bond acceptors (Lipinski definition) is 3. The number of nitrogens with two attached hydrogens (primary N) is 1. The number of likely N-dealkylation sites (N-methyl/N-ethyl adjacent to an activating group) is 1. The number of para-hydroxylation sites is 1. The summed E-state index contributed by atoms with van der Waals surface area (Å²) in [4.78, 5) is 2.23. The minimum Gasteiger partial charge on any atom is -0.396 e. The molecule has 1 aromatic rings. The maximum atomic E-state index is 5.91. The molecule has 0 atom stereocenters. The zero-order chi connectivity index (χ0) is 11.3. The van der Waals surface area contributed by atoms with E-state index < -0.39 is 0 Å². The molecule has 0 aliphatic carbocycles. The highest BCUT2D eigenvalue weighted by Gasteiger charge is 2.02. The molecule has 0 radical (unpaired) electrons. The molecule has 0 fully saturated rings. The van der Waals surface area contributed by atoms with E-state index in [4.69, 9.17) is 17.3 Å². The van der Waals surface area contributed by atoms with Crippen molar-refractivity contribution < 1.29 is 0 Å². The normalized spacial score (nSPS) is 10.7. The van der Waals surface area contributed by atoms with Crippen LogP contribution in [-0.2, 0) is 0 Å². The van der Waals surface area contributed by atoms with Gasteiger partial charge in [0, 0.05) is 13.1 Å². The maximum absolute atomic E-state index is 5.91. The van der Waals surface area contributed by atoms with Crippen LogP contribution in [-0.4, -0.2) is 31.6 Å². The summed E-state index contributed by atoms with van der Waals surface area (Å²) in [5.41, 5.74) is 7.36. The molecule has 0 unspecified atom stereocenters. The fourth-order valence-electron chi connectivity index (χ4n) is 1.23. The van der Waals surface area contributed by atoms with Gasteiger partial charge in [-0.1, -0.05) is 24.6 Å². The van der Waals surface area contributed by atoms with Crippen LogP contribution >= 0.6 is 11.6 Å². The van der Waals surface area contributed by atoms with Gasteiger partial charge in [-0.15, -0.1) is 0 Å². The van der Waals surface area contributed by atoms with Gasteiger partial charge >= 0.3 is 0 Å². The van der Waals surface area contributed by atoms with Gasteiger partial charge in [0.1, 0.15) is 0 Å². The number of hydrogen-bond donors (Lipinski definition) is 2. The molecule has 1 aromatic carbocycles. The third kappa shape index (κ3) is 3.61. The van der Waals surface area contributed by atoms with E-state index in [1.807, 2.05) is 12.1 Å². The molecule has 1 rings (SSSR count). The zero-order valence-electron chi connectivity index (χ0n) is 9.26. The van der Waals surface area contributed by atoms with Crippen molar-refractivity contribution in [2.75, 3.05) is 37.7 Å². The summed E-state index contributed by atoms with van der Waals surface area (Å²) in [6.45, 7) is 5.04. The lowest BCUT2D eigenvalue weighted by Gasteiger charge is -2.15. The SMILES string of the molecule is CCN(C)CCNc1cccc(Cl)c1N. The fraction of sp³-hybridized carbons (Fsp3) is 0.455. The first-order valence-corrected chi connectivity index (χ1v) is 5.49. The highest BCUT2D eigenvalue weighted by molar-refractivity contribution is 6.33. The van der Waals surface area contributed by atoms with Crippen LogP contribution in [0.15, 0.2) is 18.2 Å². The Labute approximate surface area is 96.2 Å². The van der Waals surface area contributed by atoms with Crippen molar-refractivity contribution in [1.29, 1.82) is 0 Å². The topological polar surface area (TPSA) is 41.3 Å². The van der Waals surface area contributed by atoms with Crippen LogP contribution in [0.4, 0.5) is 11.4 Å². The van der Waals surface area contributed by atoms with Gasteiger partial charge < -0.3 is 16.0 Å². The molecule has 84 valence electrons. The first-order valence-electron chi connectivity index (χ1n) is 5.11. The third-order valence-corrected chi connectivity index (χ3v) is 2.73. The van der Waals surface area contributed by atoms with Gasteiger partial charge in [-0.2, -0.15) is 0 Å². The second-order valence-corrected chi connectivity index (χ2v) is 3.93. The van der Waals surface area contributed by atoms with E-state index in [1.165, 1.54) is 0 Å². The monoisotopic (exact) mass is 227 g/mol. The van der Waals surface area contributed by atoms with Crippen LogP contribution in [0.3, 0.4) is 0 Å². The third-order valence-electron chi connectivity index (χ3n) is 2.40. The Kier molecular flexibility index (Phi) is 4.72. The highest BCUT2D eigenvalue weighted by atomic mass is 35.5. The van der Waals surface area contributed by atoms with E-state index in [-0.39, 0.29) is 0 Å². The van der Waals surface area contributed by atoms with Crippen LogP contribution in [0.1, 0.15) is 6.92 Å². The van der Waals surface area contributed by atoms with Crippen LogP contribution in [0, 0.1) is 0 Å². The van der Waals surface area contributed by atoms with E-state index in [2.05, 4.69) is 24.2 Å². The molecule has 0 saturated heterocycles. The van der Waals surface area contributed by atoms with Gasteiger partial charge in [-0.05, 0) is 25.7 Å². The maximum Gasteiger partial charge on any atom is 0.0739 e. The summed E-state index contributed by atoms with van der Waals surface area (Å²) in [6, 6.07) is 5.62. The van der Waals surface area contributed by atoms with Crippen molar-refractivity contribution in [3.05, 3.63) is 23.2 Å². The lowest BCUT2D eigenvalue weighted by molar-refractivity contribution is 0.367. The van der Waals surface area contributed by atoms with Gasteiger partial charge in [0.25, 0.3) is 0 Å². The Morgan fingerprint density at radius 2 is 2.20 bits per heavy atom. The van der Waals surface area contributed by atoms with Crippen molar-refractivity contribution in [3.63, 3.8) is 0 Å². The summed E-state index contributed by atoms with van der Waals surface area (Å²) in [5.74, 6) is 0. The second-order valence-electron chi connectivity index (χ2n) is 3.52. The van der Waals surface area contributed by atoms with Gasteiger partial charge in [-0.25, -0.2) is 0 Å². The van der Waals surface area contributed by atoms with E-state index in [0.29, 0.717) is 10.7 Å². The molecule has 15 heavy (non-hydrogen) atoms. The molecule has 0 spiro atoms. The number of nitrogens with one attached hydrogen (secondary N) is 1. The quantitative estimate of drug-likeness (QED) is 0.759. The van der Waals surface area contributed by atoms with Gasteiger partial charge in [-0.3, -0.25) is 0 Å². The summed E-state index contributed by atoms with van der Waals surface area (Å²) in [5, 5.41) is 3.87. The molecule has 3 N–H and O–H groups in total. The lowest BCUT2D eigenvalue weighted by atomic mass is 10.2. The van der Waals surface area contributed by atoms with Crippen molar-refractivity contribution in [3.8, 4) is 0 Å². The van der Waals surface area contributed by atoms with E-state index in [0.717, 1.165) is 25.3 Å². The fourth-order valence-corrected chi connectivity index (χ4v) is 1.41. The molecule has 0 heterocycles. The van der Waals surface area contributed by atoms with E-state index in [1.54, 1.807) is 6.07 Å². The van der Waals surface area contributed by atoms with Crippen LogP contribution < -0.4 is 11.1 Å². The Morgan fingerprint density at radius 1 is 1.47 bits per heavy atom. The Hall–Kier alpha value is -0.930. The number of halogens is 1. The summed E-state index contributed by atoms with van der Waals surface area (Å²) in [7, 11) is 2.09. The van der Waals surface area contributed by atoms with E-state index >= 15 is 0 Å². The minimum atomic E-state index is 0.601. The molecule has 0 saturated carbocycles. The largest absolute Gasteiger partial charge is 0.396 e. The summed E-state index contributed by atoms with van der Waals surface area (Å²) in [6.07, 6.45) is 0. The number of nitrogens with zero attached hydrogens (tertiary/aromatic N) is 1. The molecule has 4 heteroatoms. The first kappa shape index (κ1) is 12.1. The average molecular weight is 228 g/mol. The first-order chi connectivity index (χ1) is 7.15. The number of rotatable bonds is 5. The molecule has 0 amide bonds. The van der Waals surface area contributed by atoms with Crippen LogP contribution in [0.25, 0.3) is 0 Å². The van der Waals surface area contributed by atoms with Crippen LogP contribution in [0.5, 0.6) is 0 Å². The number of anilines is 2. The van der Waals surface area contributed by atoms with Gasteiger partial charge in [0.05, 0.1) is 16.4 Å². The Bertz CT molecular complexity index is 315. The molecule has 0 aliphatic heterocycles. The standard InChI is InChI=1S/C11H18ClN3/c1-3-15(2)8-7-14-10-6-4-5-9(12)11(10)13/h4-6,14H,3,7-8,13H2,1-2H3. The number of benzene rings is 1. The average Bonchev–Trinajstić information content (AvgIpc) is 2.24. The van der Waals surface area contributed by atoms with Crippen LogP contribution in [0.2, 0.25) is 5.02 Å². The molecule has 0 bridgehead atoms. The second kappa shape index (κ2) is 5.83. The number of nitrogen functional groups attached to an aromatic ring is 1. The van der Waals surface area contributed by atoms with Crippen molar-refractivity contribution in [1.82, 2.24) is 4.90 Å². The molecule has 3 nitrogen and oxygen atoms in total. The molecular formula is C11H18ClN3. The van der Waals surface area contributed by atoms with Gasteiger partial charge in [0.15, 0.2) is 0 Å².